The van der Waals surface area contributed by atoms with Crippen LogP contribution >= 0.6 is 0 Å². The van der Waals surface area contributed by atoms with Crippen LogP contribution in [0, 0.1) is 11.3 Å². The van der Waals surface area contributed by atoms with Crippen molar-refractivity contribution in [2.45, 2.75) is 34.3 Å². The van der Waals surface area contributed by atoms with Crippen molar-refractivity contribution in [3.63, 3.8) is 0 Å². The number of hydrogen-bond donors (Lipinski definition) is 3. The van der Waals surface area contributed by atoms with E-state index in [-0.39, 0.29) is 29.2 Å². The topological polar surface area (TPSA) is 163 Å². The number of methoxy groups -OCH3 is 1. The lowest BCUT2D eigenvalue weighted by atomic mass is 10.2. The molecule has 3 N–H and O–H groups in total. The Morgan fingerprint density at radius 2 is 1.28 bits per heavy atom. The first-order valence-electron chi connectivity index (χ1n) is 12.3. The van der Waals surface area contributed by atoms with Gasteiger partial charge in [0.05, 0.1) is 13.2 Å². The quantitative estimate of drug-likeness (QED) is 0.145. The largest absolute Gasteiger partial charge is 0.508 e. The molecule has 0 aliphatic rings. The molecule has 0 saturated heterocycles. The number of rotatable bonds is 7. The number of allylic oxidation sites excluding steroid dienone is 1. The minimum Gasteiger partial charge on any atom is -0.508 e. The van der Waals surface area contributed by atoms with Crippen LogP contribution in [0.15, 0.2) is 116 Å². The number of nitriles is 1. The second-order valence-electron chi connectivity index (χ2n) is 8.31. The molecule has 0 radical (unpaired) electrons. The van der Waals surface area contributed by atoms with E-state index in [1.165, 1.54) is 32.2 Å². The predicted molar refractivity (Wildman–Crippen MR) is 168 cm³/mol. The minimum absolute atomic E-state index is 0.174. The van der Waals surface area contributed by atoms with Crippen LogP contribution in [0.5, 0.6) is 5.75 Å². The van der Waals surface area contributed by atoms with E-state index < -0.39 is 5.97 Å². The van der Waals surface area contributed by atoms with E-state index in [0.29, 0.717) is 29.0 Å². The Morgan fingerprint density at radius 3 is 1.58 bits per heavy atom. The molecule has 0 aliphatic carbocycles. The van der Waals surface area contributed by atoms with Crippen LogP contribution in [0.25, 0.3) is 0 Å². The number of carboxylic acid groups (broad SMARTS) is 1. The molecule has 0 atom stereocenters. The minimum atomic E-state index is -0.935. The van der Waals surface area contributed by atoms with Gasteiger partial charge in [0.15, 0.2) is 0 Å². The van der Waals surface area contributed by atoms with Crippen molar-refractivity contribution in [3.05, 3.63) is 121 Å². The Hall–Kier alpha value is -5.69. The number of esters is 2. The first-order valence-corrected chi connectivity index (χ1v) is 12.3. The molecule has 2 aromatic rings. The molecule has 1 amide bonds. The van der Waals surface area contributed by atoms with Gasteiger partial charge in [-0.15, -0.1) is 0 Å². The van der Waals surface area contributed by atoms with Gasteiger partial charge in [-0.3, -0.25) is 4.79 Å². The first kappa shape index (κ1) is 41.8. The number of carbonyl (C=O) groups is 4. The first-order chi connectivity index (χ1) is 20.0. The second kappa shape index (κ2) is 25.3. The van der Waals surface area contributed by atoms with Gasteiger partial charge in [-0.2, -0.15) is 5.26 Å². The molecule has 2 rings (SSSR count). The Kier molecular flexibility index (Phi) is 24.6. The summed E-state index contributed by atoms with van der Waals surface area (Å²) in [4.78, 5) is 41.9. The van der Waals surface area contributed by atoms with Crippen LogP contribution in [0.2, 0.25) is 0 Å². The Bertz CT molecular complexity index is 1280. The number of ether oxygens (including phenoxy) is 2. The molecule has 0 fully saturated rings. The van der Waals surface area contributed by atoms with E-state index in [0.717, 1.165) is 5.56 Å². The van der Waals surface area contributed by atoms with Gasteiger partial charge in [0.25, 0.3) is 5.91 Å². The summed E-state index contributed by atoms with van der Waals surface area (Å²) in [5.74, 6) is -1.67. The lowest BCUT2D eigenvalue weighted by molar-refractivity contribution is -0.140. The Labute approximate surface area is 253 Å². The number of hydrogen-bond acceptors (Lipinski definition) is 8. The lowest BCUT2D eigenvalue weighted by Crippen LogP contribution is -2.11. The van der Waals surface area contributed by atoms with E-state index in [4.69, 9.17) is 20.2 Å². The van der Waals surface area contributed by atoms with Crippen molar-refractivity contribution in [2.75, 3.05) is 12.4 Å². The average molecular weight is 593 g/mol. The fourth-order valence-electron chi connectivity index (χ4n) is 1.80. The number of aromatic hydroxyl groups is 1. The van der Waals surface area contributed by atoms with Crippen molar-refractivity contribution in [1.29, 1.82) is 5.26 Å². The number of carboxylic acids is 1. The van der Waals surface area contributed by atoms with E-state index in [1.54, 1.807) is 39.0 Å². The molecule has 43 heavy (non-hydrogen) atoms. The number of anilines is 1. The molecule has 0 unspecified atom stereocenters. The predicted octanol–water partition coefficient (Wildman–Crippen LogP) is 6.29. The maximum Gasteiger partial charge on any atom is 0.333 e. The zero-order valence-corrected chi connectivity index (χ0v) is 25.3. The van der Waals surface area contributed by atoms with E-state index in [1.807, 2.05) is 30.3 Å². The summed E-state index contributed by atoms with van der Waals surface area (Å²) in [7, 11) is 1.33. The highest BCUT2D eigenvalue weighted by atomic mass is 16.5. The zero-order chi connectivity index (χ0) is 34.0. The number of phenols is 1. The number of benzene rings is 2. The van der Waals surface area contributed by atoms with Crippen LogP contribution < -0.4 is 5.32 Å². The van der Waals surface area contributed by atoms with Gasteiger partial charge in [-0.25, -0.2) is 14.4 Å². The van der Waals surface area contributed by atoms with Crippen LogP contribution in [-0.2, 0) is 35.3 Å². The monoisotopic (exact) mass is 592 g/mol. The summed E-state index contributed by atoms with van der Waals surface area (Å²) in [5, 5.41) is 27.0. The molecule has 2 aromatic carbocycles. The van der Waals surface area contributed by atoms with Gasteiger partial charge in [-0.05, 0) is 57.5 Å². The summed E-state index contributed by atoms with van der Waals surface area (Å²) in [6.45, 7) is 23.3. The Morgan fingerprint density at radius 1 is 0.837 bits per heavy atom. The third-order valence-electron chi connectivity index (χ3n) is 4.06. The summed E-state index contributed by atoms with van der Waals surface area (Å²) in [5.41, 5.74) is 3.12. The zero-order valence-electron chi connectivity index (χ0n) is 25.3. The summed E-state index contributed by atoms with van der Waals surface area (Å²) in [6.07, 6.45) is 1.18. The lowest BCUT2D eigenvalue weighted by Gasteiger charge is -2.03. The molecule has 0 aliphatic heterocycles. The molecule has 0 heterocycles. The van der Waals surface area contributed by atoms with Gasteiger partial charge in [-0.1, -0.05) is 63.2 Å². The molecule has 0 bridgehead atoms. The number of phenolic OH excluding ortho intramolecular Hbond substituents is 1. The van der Waals surface area contributed by atoms with Gasteiger partial charge < -0.3 is 25.0 Å². The summed E-state index contributed by atoms with van der Waals surface area (Å²) >= 11 is 0. The highest BCUT2D eigenvalue weighted by Crippen LogP contribution is 2.14. The molecular formula is C33H40N2O8. The molecular weight excluding hydrogens is 552 g/mol. The van der Waals surface area contributed by atoms with E-state index >= 15 is 0 Å². The van der Waals surface area contributed by atoms with Crippen LogP contribution in [0.3, 0.4) is 0 Å². The number of nitrogens with zero attached hydrogens (tertiary/aromatic N) is 1. The summed E-state index contributed by atoms with van der Waals surface area (Å²) in [6, 6.07) is 17.5. The van der Waals surface area contributed by atoms with Crippen molar-refractivity contribution in [3.8, 4) is 11.8 Å². The number of nitrogens with one attached hydrogen (secondary N) is 1. The molecule has 10 heteroatoms. The van der Waals surface area contributed by atoms with E-state index in [2.05, 4.69) is 42.9 Å². The second-order valence-corrected chi connectivity index (χ2v) is 8.31. The molecule has 0 saturated carbocycles. The van der Waals surface area contributed by atoms with Crippen molar-refractivity contribution in [1.82, 2.24) is 0 Å². The normalized spacial score (nSPS) is 8.28. The maximum absolute atomic E-state index is 11.1. The Balaban J connectivity index is -0.000000498. The summed E-state index contributed by atoms with van der Waals surface area (Å²) < 4.78 is 9.22. The number of amides is 1. The number of aliphatic carboxylic acids is 1. The molecule has 0 aromatic heterocycles. The molecule has 0 spiro atoms. The third-order valence-corrected chi connectivity index (χ3v) is 4.06. The average Bonchev–Trinajstić information content (AvgIpc) is 2.98. The van der Waals surface area contributed by atoms with Gasteiger partial charge >= 0.3 is 17.9 Å². The van der Waals surface area contributed by atoms with Gasteiger partial charge in [0, 0.05) is 34.1 Å². The molecule has 10 nitrogen and oxygen atoms in total. The molecule has 230 valence electrons. The standard InChI is InChI=1S/C11H12O2.C10H11NO2.C5H8O2.C4H6O2.C3H3N/c1-9(2)11(12)13-8-10-6-4-3-5-7-10;1-7(2)10(13)11-8-3-5-9(12)6-4-8;1-4(2)5(6)7-3;1-3(2)4(5)6;1-2-3-4/h3-7H,1,8H2,2H3;3-6,12H,1H2,2H3,(H,11,13);1H2,2-3H3;1H2,2H3,(H,5,6);2H,1H2. The fourth-order valence-corrected chi connectivity index (χ4v) is 1.80. The van der Waals surface area contributed by atoms with Crippen LogP contribution in [0.4, 0.5) is 5.69 Å². The smallest absolute Gasteiger partial charge is 0.333 e. The fraction of sp³-hybridized carbons (Fsp3) is 0.182. The third kappa shape index (κ3) is 26.3. The maximum atomic E-state index is 11.1. The van der Waals surface area contributed by atoms with Gasteiger partial charge in [0.2, 0.25) is 0 Å². The SMILES string of the molecule is C=C(C)C(=O)Nc1ccc(O)cc1.C=C(C)C(=O)O.C=C(C)C(=O)OC.C=C(C)C(=O)OCc1ccccc1.C=CC#N. The van der Waals surface area contributed by atoms with Crippen molar-refractivity contribution >= 4 is 29.5 Å². The van der Waals surface area contributed by atoms with Crippen molar-refractivity contribution < 1.29 is 38.9 Å². The van der Waals surface area contributed by atoms with Gasteiger partial charge in [0.1, 0.15) is 12.4 Å². The highest BCUT2D eigenvalue weighted by molar-refractivity contribution is 6.02. The number of carbonyl (C=O) groups excluding carboxylic acids is 3. The van der Waals surface area contributed by atoms with Crippen LogP contribution in [0.1, 0.15) is 33.3 Å². The van der Waals surface area contributed by atoms with Crippen LogP contribution in [-0.4, -0.2) is 41.1 Å². The highest BCUT2D eigenvalue weighted by Gasteiger charge is 2.03. The van der Waals surface area contributed by atoms with E-state index in [9.17, 15) is 19.2 Å². The van der Waals surface area contributed by atoms with Crippen molar-refractivity contribution in [2.24, 2.45) is 0 Å².